The first-order valence-electron chi connectivity index (χ1n) is 8.08. The summed E-state index contributed by atoms with van der Waals surface area (Å²) in [4.78, 5) is 2.46. The van der Waals surface area contributed by atoms with Crippen molar-refractivity contribution in [3.05, 3.63) is 0 Å². The van der Waals surface area contributed by atoms with Crippen LogP contribution in [0.3, 0.4) is 0 Å². The SMILES string of the molecule is Cl.O=S(=O)(CC1CCCC1)N1CCC(N2CCNCC2)C1. The van der Waals surface area contributed by atoms with Gasteiger partial charge < -0.3 is 5.32 Å². The van der Waals surface area contributed by atoms with Gasteiger partial charge in [0.05, 0.1) is 5.75 Å². The Kier molecular flexibility index (Phi) is 6.32. The summed E-state index contributed by atoms with van der Waals surface area (Å²) >= 11 is 0. The zero-order chi connectivity index (χ0) is 14.0. The fourth-order valence-corrected chi connectivity index (χ4v) is 5.81. The molecule has 1 unspecified atom stereocenters. The van der Waals surface area contributed by atoms with Gasteiger partial charge in [0.25, 0.3) is 0 Å². The van der Waals surface area contributed by atoms with Crippen molar-refractivity contribution >= 4 is 22.4 Å². The Hall–Kier alpha value is 0.120. The molecule has 1 N–H and O–H groups in total. The van der Waals surface area contributed by atoms with Gasteiger partial charge >= 0.3 is 0 Å². The summed E-state index contributed by atoms with van der Waals surface area (Å²) < 4.78 is 26.8. The van der Waals surface area contributed by atoms with Crippen LogP contribution in [0.2, 0.25) is 0 Å². The highest BCUT2D eigenvalue weighted by Crippen LogP contribution is 2.28. The number of hydrogen-bond donors (Lipinski definition) is 1. The number of nitrogens with one attached hydrogen (secondary N) is 1. The normalized spacial score (nSPS) is 29.6. The van der Waals surface area contributed by atoms with Gasteiger partial charge in [-0.05, 0) is 25.2 Å². The first-order valence-corrected chi connectivity index (χ1v) is 9.69. The summed E-state index contributed by atoms with van der Waals surface area (Å²) in [7, 11) is -3.02. The van der Waals surface area contributed by atoms with Crippen LogP contribution in [0.15, 0.2) is 0 Å². The summed E-state index contributed by atoms with van der Waals surface area (Å²) in [6.45, 7) is 5.62. The van der Waals surface area contributed by atoms with E-state index >= 15 is 0 Å². The van der Waals surface area contributed by atoms with E-state index in [9.17, 15) is 8.42 Å². The van der Waals surface area contributed by atoms with E-state index in [4.69, 9.17) is 0 Å². The van der Waals surface area contributed by atoms with Gasteiger partial charge in [0.1, 0.15) is 0 Å². The van der Waals surface area contributed by atoms with Crippen LogP contribution < -0.4 is 5.32 Å². The Labute approximate surface area is 134 Å². The van der Waals surface area contributed by atoms with Crippen LogP contribution >= 0.6 is 12.4 Å². The number of halogens is 1. The van der Waals surface area contributed by atoms with Crippen molar-refractivity contribution < 1.29 is 8.42 Å². The Balaban J connectivity index is 0.00000161. The van der Waals surface area contributed by atoms with Crippen molar-refractivity contribution in [2.75, 3.05) is 45.0 Å². The van der Waals surface area contributed by atoms with Crippen LogP contribution in [0.25, 0.3) is 0 Å². The molecule has 3 fully saturated rings. The minimum atomic E-state index is -3.02. The minimum Gasteiger partial charge on any atom is -0.314 e. The highest BCUT2D eigenvalue weighted by Gasteiger charge is 2.36. The van der Waals surface area contributed by atoms with Crippen LogP contribution in [0.4, 0.5) is 0 Å². The predicted octanol–water partition coefficient (Wildman–Crippen LogP) is 0.908. The lowest BCUT2D eigenvalue weighted by Crippen LogP contribution is -2.49. The van der Waals surface area contributed by atoms with Gasteiger partial charge in [-0.3, -0.25) is 4.90 Å². The highest BCUT2D eigenvalue weighted by atomic mass is 35.5. The lowest BCUT2D eigenvalue weighted by atomic mass is 10.1. The average molecular weight is 338 g/mol. The maximum absolute atomic E-state index is 12.5. The molecular formula is C14H28ClN3O2S. The fraction of sp³-hybridized carbons (Fsp3) is 1.00. The van der Waals surface area contributed by atoms with Crippen molar-refractivity contribution in [1.29, 1.82) is 0 Å². The Morgan fingerprint density at radius 1 is 1.00 bits per heavy atom. The molecule has 0 aromatic carbocycles. The molecule has 2 saturated heterocycles. The zero-order valence-corrected chi connectivity index (χ0v) is 14.3. The fourth-order valence-electron chi connectivity index (χ4n) is 3.89. The molecule has 0 amide bonds. The van der Waals surface area contributed by atoms with Crippen molar-refractivity contribution in [2.45, 2.75) is 38.1 Å². The van der Waals surface area contributed by atoms with E-state index < -0.39 is 10.0 Å². The largest absolute Gasteiger partial charge is 0.314 e. The quantitative estimate of drug-likeness (QED) is 0.828. The second-order valence-corrected chi connectivity index (χ2v) is 8.53. The number of rotatable bonds is 4. The first kappa shape index (κ1) is 17.5. The monoisotopic (exact) mass is 337 g/mol. The number of hydrogen-bond acceptors (Lipinski definition) is 4. The van der Waals surface area contributed by atoms with Gasteiger partial charge in [-0.1, -0.05) is 12.8 Å². The van der Waals surface area contributed by atoms with E-state index in [-0.39, 0.29) is 12.4 Å². The molecule has 0 radical (unpaired) electrons. The van der Waals surface area contributed by atoms with Crippen LogP contribution in [0.5, 0.6) is 0 Å². The summed E-state index contributed by atoms with van der Waals surface area (Å²) in [5.41, 5.74) is 0. The van der Waals surface area contributed by atoms with Crippen LogP contribution in [-0.4, -0.2) is 68.7 Å². The lowest BCUT2D eigenvalue weighted by molar-refractivity contribution is 0.179. The topological polar surface area (TPSA) is 52.7 Å². The van der Waals surface area contributed by atoms with Crippen LogP contribution in [0, 0.1) is 5.92 Å². The maximum atomic E-state index is 12.5. The molecule has 7 heteroatoms. The number of nitrogens with zero attached hydrogens (tertiary/aromatic N) is 2. The molecule has 0 spiro atoms. The second kappa shape index (κ2) is 7.59. The van der Waals surface area contributed by atoms with Crippen molar-refractivity contribution in [3.63, 3.8) is 0 Å². The standard InChI is InChI=1S/C14H27N3O2S.ClH/c18-20(19,12-13-3-1-2-4-13)17-8-5-14(11-17)16-9-6-15-7-10-16;/h13-15H,1-12H2;1H. The van der Waals surface area contributed by atoms with Gasteiger partial charge in [-0.15, -0.1) is 12.4 Å². The van der Waals surface area contributed by atoms with Gasteiger partial charge in [0.2, 0.25) is 10.0 Å². The predicted molar refractivity (Wildman–Crippen MR) is 87.4 cm³/mol. The van der Waals surface area contributed by atoms with Gasteiger partial charge in [0.15, 0.2) is 0 Å². The van der Waals surface area contributed by atoms with E-state index in [1.165, 1.54) is 12.8 Å². The molecule has 2 aliphatic heterocycles. The minimum absolute atomic E-state index is 0. The first-order chi connectivity index (χ1) is 9.65. The third kappa shape index (κ3) is 4.32. The zero-order valence-electron chi connectivity index (χ0n) is 12.7. The Bertz CT molecular complexity index is 420. The molecule has 5 nitrogen and oxygen atoms in total. The third-order valence-corrected chi connectivity index (χ3v) is 7.12. The van der Waals surface area contributed by atoms with E-state index in [1.54, 1.807) is 4.31 Å². The van der Waals surface area contributed by atoms with Crippen LogP contribution in [-0.2, 0) is 10.0 Å². The Morgan fingerprint density at radius 3 is 2.33 bits per heavy atom. The number of sulfonamides is 1. The molecule has 124 valence electrons. The van der Waals surface area contributed by atoms with E-state index in [0.717, 1.165) is 58.5 Å². The van der Waals surface area contributed by atoms with Crippen LogP contribution in [0.1, 0.15) is 32.1 Å². The molecule has 3 aliphatic rings. The third-order valence-electron chi connectivity index (χ3n) is 5.11. The Morgan fingerprint density at radius 2 is 1.67 bits per heavy atom. The summed E-state index contributed by atoms with van der Waals surface area (Å²) in [6, 6.07) is 0.440. The molecule has 21 heavy (non-hydrogen) atoms. The molecular weight excluding hydrogens is 310 g/mol. The summed E-state index contributed by atoms with van der Waals surface area (Å²) in [6.07, 6.45) is 5.64. The smallest absolute Gasteiger partial charge is 0.214 e. The molecule has 1 saturated carbocycles. The van der Waals surface area contributed by atoms with E-state index in [0.29, 0.717) is 17.7 Å². The van der Waals surface area contributed by atoms with E-state index in [1.807, 2.05) is 0 Å². The van der Waals surface area contributed by atoms with Gasteiger partial charge in [0, 0.05) is 45.3 Å². The van der Waals surface area contributed by atoms with E-state index in [2.05, 4.69) is 10.2 Å². The maximum Gasteiger partial charge on any atom is 0.214 e. The highest BCUT2D eigenvalue weighted by molar-refractivity contribution is 7.89. The number of piperazine rings is 1. The van der Waals surface area contributed by atoms with Gasteiger partial charge in [-0.25, -0.2) is 12.7 Å². The molecule has 1 atom stereocenters. The van der Waals surface area contributed by atoms with Crippen molar-refractivity contribution in [3.8, 4) is 0 Å². The van der Waals surface area contributed by atoms with Gasteiger partial charge in [-0.2, -0.15) is 0 Å². The molecule has 0 aromatic rings. The lowest BCUT2D eigenvalue weighted by Gasteiger charge is -2.32. The molecule has 0 bridgehead atoms. The summed E-state index contributed by atoms with van der Waals surface area (Å²) in [5.74, 6) is 0.805. The summed E-state index contributed by atoms with van der Waals surface area (Å²) in [5, 5.41) is 3.35. The average Bonchev–Trinajstić information content (AvgIpc) is 3.10. The molecule has 0 aromatic heterocycles. The molecule has 2 heterocycles. The molecule has 3 rings (SSSR count). The van der Waals surface area contributed by atoms with Crippen molar-refractivity contribution in [1.82, 2.24) is 14.5 Å². The second-order valence-electron chi connectivity index (χ2n) is 6.52. The van der Waals surface area contributed by atoms with Crippen molar-refractivity contribution in [2.24, 2.45) is 5.92 Å². The molecule has 1 aliphatic carbocycles.